The third-order valence-corrected chi connectivity index (χ3v) is 2.19. The standard InChI is InChI=1S/C11H20O2/c1-5-6-11(13-4)8-7-9(2)10(3)12/h7,11H,5-6,8H2,1-4H3. The van der Waals surface area contributed by atoms with E-state index in [0.717, 1.165) is 24.8 Å². The lowest BCUT2D eigenvalue weighted by Crippen LogP contribution is -2.09. The molecule has 0 aliphatic rings. The van der Waals surface area contributed by atoms with Gasteiger partial charge < -0.3 is 4.74 Å². The van der Waals surface area contributed by atoms with E-state index >= 15 is 0 Å². The van der Waals surface area contributed by atoms with Crippen LogP contribution in [0.5, 0.6) is 0 Å². The van der Waals surface area contributed by atoms with E-state index in [4.69, 9.17) is 4.74 Å². The van der Waals surface area contributed by atoms with Crippen LogP contribution in [0.3, 0.4) is 0 Å². The van der Waals surface area contributed by atoms with Crippen LogP contribution in [-0.2, 0) is 9.53 Å². The van der Waals surface area contributed by atoms with Crippen LogP contribution in [0.15, 0.2) is 11.6 Å². The van der Waals surface area contributed by atoms with Crippen LogP contribution in [-0.4, -0.2) is 19.0 Å². The molecule has 0 radical (unpaired) electrons. The molecule has 1 unspecified atom stereocenters. The van der Waals surface area contributed by atoms with Gasteiger partial charge in [0.15, 0.2) is 5.78 Å². The molecule has 0 aliphatic heterocycles. The molecule has 0 heterocycles. The zero-order valence-corrected chi connectivity index (χ0v) is 9.09. The number of ether oxygens (including phenoxy) is 1. The summed E-state index contributed by atoms with van der Waals surface area (Å²) in [5.41, 5.74) is 0.832. The number of hydrogen-bond donors (Lipinski definition) is 0. The van der Waals surface area contributed by atoms with Crippen molar-refractivity contribution in [3.63, 3.8) is 0 Å². The lowest BCUT2D eigenvalue weighted by Gasteiger charge is -2.11. The molecule has 0 aromatic heterocycles. The van der Waals surface area contributed by atoms with Crippen molar-refractivity contribution in [2.24, 2.45) is 0 Å². The van der Waals surface area contributed by atoms with Crippen molar-refractivity contribution in [1.82, 2.24) is 0 Å². The molecular weight excluding hydrogens is 164 g/mol. The average molecular weight is 184 g/mol. The monoisotopic (exact) mass is 184 g/mol. The van der Waals surface area contributed by atoms with Crippen molar-refractivity contribution in [3.8, 4) is 0 Å². The molecule has 0 amide bonds. The van der Waals surface area contributed by atoms with Gasteiger partial charge in [0.25, 0.3) is 0 Å². The Morgan fingerprint density at radius 2 is 2.08 bits per heavy atom. The van der Waals surface area contributed by atoms with E-state index in [0.29, 0.717) is 0 Å². The van der Waals surface area contributed by atoms with Crippen molar-refractivity contribution in [3.05, 3.63) is 11.6 Å². The fraction of sp³-hybridized carbons (Fsp3) is 0.727. The summed E-state index contributed by atoms with van der Waals surface area (Å²) < 4.78 is 5.26. The fourth-order valence-electron chi connectivity index (χ4n) is 1.11. The zero-order valence-electron chi connectivity index (χ0n) is 9.09. The van der Waals surface area contributed by atoms with Crippen molar-refractivity contribution in [1.29, 1.82) is 0 Å². The van der Waals surface area contributed by atoms with Crippen LogP contribution in [0, 0.1) is 0 Å². The maximum Gasteiger partial charge on any atom is 0.155 e. The number of rotatable bonds is 6. The lowest BCUT2D eigenvalue weighted by atomic mass is 10.1. The summed E-state index contributed by atoms with van der Waals surface area (Å²) in [6.45, 7) is 5.57. The molecule has 0 aromatic carbocycles. The molecule has 0 aromatic rings. The zero-order chi connectivity index (χ0) is 10.3. The Morgan fingerprint density at radius 3 is 2.46 bits per heavy atom. The predicted molar refractivity (Wildman–Crippen MR) is 54.8 cm³/mol. The van der Waals surface area contributed by atoms with Crippen molar-refractivity contribution in [2.75, 3.05) is 7.11 Å². The van der Waals surface area contributed by atoms with Crippen molar-refractivity contribution < 1.29 is 9.53 Å². The first-order chi connectivity index (χ1) is 6.11. The van der Waals surface area contributed by atoms with Gasteiger partial charge in [0.05, 0.1) is 6.10 Å². The Hall–Kier alpha value is -0.630. The summed E-state index contributed by atoms with van der Waals surface area (Å²) in [5, 5.41) is 0. The van der Waals surface area contributed by atoms with Gasteiger partial charge in [-0.05, 0) is 32.3 Å². The van der Waals surface area contributed by atoms with E-state index in [-0.39, 0.29) is 11.9 Å². The molecule has 0 bridgehead atoms. The quantitative estimate of drug-likeness (QED) is 0.593. The summed E-state index contributed by atoms with van der Waals surface area (Å²) in [4.78, 5) is 10.9. The highest BCUT2D eigenvalue weighted by molar-refractivity contribution is 5.92. The second-order valence-electron chi connectivity index (χ2n) is 3.33. The fourth-order valence-corrected chi connectivity index (χ4v) is 1.11. The topological polar surface area (TPSA) is 26.3 Å². The van der Waals surface area contributed by atoms with Gasteiger partial charge >= 0.3 is 0 Å². The molecule has 0 spiro atoms. The smallest absolute Gasteiger partial charge is 0.155 e. The maximum atomic E-state index is 10.9. The van der Waals surface area contributed by atoms with Crippen LogP contribution in [0.4, 0.5) is 0 Å². The Kier molecular flexibility index (Phi) is 6.51. The van der Waals surface area contributed by atoms with E-state index in [1.165, 1.54) is 0 Å². The number of allylic oxidation sites excluding steroid dienone is 1. The van der Waals surface area contributed by atoms with E-state index in [2.05, 4.69) is 6.92 Å². The van der Waals surface area contributed by atoms with E-state index in [9.17, 15) is 4.79 Å². The third kappa shape index (κ3) is 5.58. The lowest BCUT2D eigenvalue weighted by molar-refractivity contribution is -0.113. The van der Waals surface area contributed by atoms with Crippen molar-refractivity contribution in [2.45, 2.75) is 46.1 Å². The summed E-state index contributed by atoms with van der Waals surface area (Å²) in [6.07, 6.45) is 5.24. The molecule has 13 heavy (non-hydrogen) atoms. The van der Waals surface area contributed by atoms with Gasteiger partial charge in [-0.2, -0.15) is 0 Å². The highest BCUT2D eigenvalue weighted by Gasteiger charge is 2.04. The van der Waals surface area contributed by atoms with E-state index in [1.54, 1.807) is 14.0 Å². The first-order valence-corrected chi connectivity index (χ1v) is 4.82. The highest BCUT2D eigenvalue weighted by Crippen LogP contribution is 2.08. The summed E-state index contributed by atoms with van der Waals surface area (Å²) in [7, 11) is 1.72. The molecule has 0 rings (SSSR count). The minimum Gasteiger partial charge on any atom is -0.381 e. The van der Waals surface area contributed by atoms with Gasteiger partial charge in [-0.3, -0.25) is 4.79 Å². The van der Waals surface area contributed by atoms with Crippen LogP contribution in [0.25, 0.3) is 0 Å². The Morgan fingerprint density at radius 1 is 1.46 bits per heavy atom. The van der Waals surface area contributed by atoms with Gasteiger partial charge in [-0.1, -0.05) is 19.4 Å². The minimum absolute atomic E-state index is 0.145. The van der Waals surface area contributed by atoms with E-state index < -0.39 is 0 Å². The molecule has 76 valence electrons. The minimum atomic E-state index is 0.145. The first-order valence-electron chi connectivity index (χ1n) is 4.82. The molecule has 0 saturated carbocycles. The van der Waals surface area contributed by atoms with E-state index in [1.807, 2.05) is 13.0 Å². The predicted octanol–water partition coefficient (Wildman–Crippen LogP) is 2.73. The van der Waals surface area contributed by atoms with Crippen LogP contribution < -0.4 is 0 Å². The van der Waals surface area contributed by atoms with Crippen LogP contribution in [0.1, 0.15) is 40.0 Å². The Labute approximate surface area is 81.0 Å². The summed E-state index contributed by atoms with van der Waals surface area (Å²) in [5.74, 6) is 0.145. The Balaban J connectivity index is 3.95. The third-order valence-electron chi connectivity index (χ3n) is 2.19. The van der Waals surface area contributed by atoms with Crippen LogP contribution >= 0.6 is 0 Å². The van der Waals surface area contributed by atoms with Gasteiger partial charge in [0, 0.05) is 7.11 Å². The van der Waals surface area contributed by atoms with Gasteiger partial charge in [0.1, 0.15) is 0 Å². The molecule has 1 atom stereocenters. The van der Waals surface area contributed by atoms with Gasteiger partial charge in [-0.15, -0.1) is 0 Å². The molecular formula is C11H20O2. The number of carbonyl (C=O) groups excluding carboxylic acids is 1. The first kappa shape index (κ1) is 12.4. The molecule has 0 fully saturated rings. The number of methoxy groups -OCH3 is 1. The second kappa shape index (κ2) is 6.84. The number of ketones is 1. The SMILES string of the molecule is CCCC(CC=C(C)C(C)=O)OC. The summed E-state index contributed by atoms with van der Waals surface area (Å²) >= 11 is 0. The molecule has 2 nitrogen and oxygen atoms in total. The molecule has 0 saturated heterocycles. The van der Waals surface area contributed by atoms with Gasteiger partial charge in [0.2, 0.25) is 0 Å². The highest BCUT2D eigenvalue weighted by atomic mass is 16.5. The number of Topliss-reactive ketones (excluding diaryl/α,β-unsaturated/α-hetero) is 1. The Bertz CT molecular complexity index is 183. The maximum absolute atomic E-state index is 10.9. The summed E-state index contributed by atoms with van der Waals surface area (Å²) in [6, 6.07) is 0. The molecule has 0 aliphatic carbocycles. The van der Waals surface area contributed by atoms with Gasteiger partial charge in [-0.25, -0.2) is 0 Å². The van der Waals surface area contributed by atoms with Crippen LogP contribution in [0.2, 0.25) is 0 Å². The van der Waals surface area contributed by atoms with Crippen molar-refractivity contribution >= 4 is 5.78 Å². The average Bonchev–Trinajstić information content (AvgIpc) is 2.11. The normalized spacial score (nSPS) is 14.3. The number of hydrogen-bond acceptors (Lipinski definition) is 2. The largest absolute Gasteiger partial charge is 0.381 e. The number of carbonyl (C=O) groups is 1. The second-order valence-corrected chi connectivity index (χ2v) is 3.33. The molecule has 0 N–H and O–H groups in total. The molecule has 2 heteroatoms.